The monoisotopic (exact) mass is 557 g/mol. The summed E-state index contributed by atoms with van der Waals surface area (Å²) in [6, 6.07) is 1.72. The van der Waals surface area contributed by atoms with Gasteiger partial charge in [0.2, 0.25) is 5.78 Å². The van der Waals surface area contributed by atoms with Crippen LogP contribution in [0.1, 0.15) is 50.3 Å². The van der Waals surface area contributed by atoms with Gasteiger partial charge in [0.1, 0.15) is 28.4 Å². The van der Waals surface area contributed by atoms with Crippen LogP contribution in [0, 0.1) is 11.8 Å². The van der Waals surface area contributed by atoms with Crippen molar-refractivity contribution >= 4 is 34.9 Å². The molecule has 7 N–H and O–H groups in total. The van der Waals surface area contributed by atoms with E-state index in [2.05, 4.69) is 5.32 Å². The Bertz CT molecular complexity index is 1390. The number of nitrogens with zero attached hydrogens (tertiary/aromatic N) is 1. The predicted octanol–water partition coefficient (Wildman–Crippen LogP) is 0.921. The van der Waals surface area contributed by atoms with Crippen LogP contribution in [0.5, 0.6) is 5.75 Å². The van der Waals surface area contributed by atoms with Crippen LogP contribution in [0.4, 0.5) is 5.69 Å². The second-order valence-corrected chi connectivity index (χ2v) is 11.7. The molecule has 3 aliphatic rings. The van der Waals surface area contributed by atoms with Crippen molar-refractivity contribution in [1.82, 2.24) is 5.32 Å². The lowest BCUT2D eigenvalue weighted by molar-refractivity contribution is -0.153. The molecular weight excluding hydrogens is 522 g/mol. The molecule has 0 heterocycles. The molecule has 0 radical (unpaired) electrons. The number of benzene rings is 1. The molecular formula is C28H35N3O9. The van der Waals surface area contributed by atoms with E-state index in [-0.39, 0.29) is 49.2 Å². The first-order chi connectivity index (χ1) is 18.5. The highest BCUT2D eigenvalue weighted by Gasteiger charge is 2.60. The topological polar surface area (TPSA) is 200 Å². The van der Waals surface area contributed by atoms with E-state index in [1.807, 2.05) is 0 Å². The van der Waals surface area contributed by atoms with E-state index < -0.39 is 63.6 Å². The maximum absolute atomic E-state index is 13.7. The van der Waals surface area contributed by atoms with E-state index in [1.165, 1.54) is 0 Å². The van der Waals surface area contributed by atoms with Crippen LogP contribution >= 0.6 is 0 Å². The van der Waals surface area contributed by atoms with Crippen molar-refractivity contribution in [3.05, 3.63) is 39.7 Å². The fourth-order valence-electron chi connectivity index (χ4n) is 5.93. The molecule has 1 aromatic carbocycles. The number of ether oxygens (including phenoxy) is 1. The Morgan fingerprint density at radius 1 is 1.18 bits per heavy atom. The molecule has 216 valence electrons. The summed E-state index contributed by atoms with van der Waals surface area (Å²) in [6.45, 7) is 5.12. The number of Topliss-reactive ketones (excluding diaryl/α,β-unsaturated/α-hetero) is 2. The third-order valence-corrected chi connectivity index (χ3v) is 7.61. The van der Waals surface area contributed by atoms with Gasteiger partial charge in [-0.15, -0.1) is 0 Å². The Balaban J connectivity index is 1.77. The van der Waals surface area contributed by atoms with E-state index in [0.717, 1.165) is 0 Å². The van der Waals surface area contributed by atoms with Crippen LogP contribution in [0.25, 0.3) is 5.76 Å². The molecule has 3 atom stereocenters. The van der Waals surface area contributed by atoms with Crippen LogP contribution in [0.15, 0.2) is 23.0 Å². The summed E-state index contributed by atoms with van der Waals surface area (Å²) < 4.78 is 5.28. The highest BCUT2D eigenvalue weighted by molar-refractivity contribution is 6.22. The average Bonchev–Trinajstić information content (AvgIpc) is 2.81. The van der Waals surface area contributed by atoms with Gasteiger partial charge in [0.15, 0.2) is 11.4 Å². The van der Waals surface area contributed by atoms with Gasteiger partial charge in [-0.05, 0) is 51.2 Å². The van der Waals surface area contributed by atoms with Crippen molar-refractivity contribution in [2.75, 3.05) is 25.5 Å². The Kier molecular flexibility index (Phi) is 7.22. The number of fused-ring (bicyclic) bond motifs is 3. The summed E-state index contributed by atoms with van der Waals surface area (Å²) >= 11 is 0. The molecule has 1 amide bonds. The lowest BCUT2D eigenvalue weighted by Gasteiger charge is -2.46. The number of carbonyl (C=O) groups excluding carboxylic acids is 4. The lowest BCUT2D eigenvalue weighted by atomic mass is 9.59. The summed E-state index contributed by atoms with van der Waals surface area (Å²) in [4.78, 5) is 51.9. The number of aliphatic hydroxyl groups excluding tert-OH is 2. The number of aliphatic hydroxyl groups is 3. The molecule has 0 aliphatic heterocycles. The van der Waals surface area contributed by atoms with Gasteiger partial charge in [0.25, 0.3) is 5.91 Å². The highest BCUT2D eigenvalue weighted by atomic mass is 16.6. The van der Waals surface area contributed by atoms with Crippen molar-refractivity contribution < 1.29 is 44.3 Å². The number of primary amides is 1. The second-order valence-electron chi connectivity index (χ2n) is 11.7. The number of aromatic hydroxyl groups is 1. The molecule has 0 aromatic heterocycles. The van der Waals surface area contributed by atoms with Crippen molar-refractivity contribution in [1.29, 1.82) is 0 Å². The highest BCUT2D eigenvalue weighted by Crippen LogP contribution is 2.53. The molecule has 40 heavy (non-hydrogen) atoms. The number of ketones is 2. The van der Waals surface area contributed by atoms with Crippen LogP contribution < -0.4 is 16.0 Å². The maximum Gasteiger partial charge on any atom is 0.320 e. The fourth-order valence-corrected chi connectivity index (χ4v) is 5.93. The number of hydrogen-bond donors (Lipinski definition) is 6. The van der Waals surface area contributed by atoms with Crippen LogP contribution in [-0.2, 0) is 36.9 Å². The van der Waals surface area contributed by atoms with Crippen molar-refractivity contribution in [2.24, 2.45) is 17.6 Å². The largest absolute Gasteiger partial charge is 0.508 e. The van der Waals surface area contributed by atoms with Gasteiger partial charge >= 0.3 is 5.97 Å². The van der Waals surface area contributed by atoms with E-state index in [0.29, 0.717) is 16.8 Å². The second kappa shape index (κ2) is 9.93. The van der Waals surface area contributed by atoms with Crippen LogP contribution in [0.3, 0.4) is 0 Å². The van der Waals surface area contributed by atoms with Gasteiger partial charge < -0.3 is 41.1 Å². The first kappa shape index (κ1) is 29.1. The summed E-state index contributed by atoms with van der Waals surface area (Å²) in [5.41, 5.74) is 2.43. The molecule has 1 aromatic rings. The normalized spacial score (nSPS) is 24.4. The minimum atomic E-state index is -2.62. The van der Waals surface area contributed by atoms with E-state index in [1.54, 1.807) is 45.8 Å². The fraction of sp³-hybridized carbons (Fsp3) is 0.500. The number of nitrogens with one attached hydrogen (secondary N) is 1. The molecule has 1 saturated carbocycles. The average molecular weight is 558 g/mol. The number of hydrogen-bond acceptors (Lipinski definition) is 11. The maximum atomic E-state index is 13.7. The standard InChI is InChI=1S/C28H35N3O9/c1-27(2,3)40-18(33)11-30-10-13-8-16(31(4)5)15-7-12-6-14-9-17(32)21(26(29)38)25(37)28(14,39)24(36)19(12)23(35)20(15)22(13)34/h8,12,14,30,34-35,37,39H,6-7,9-11H2,1-5H3,(H2,29,38). The SMILES string of the molecule is CN(C)c1cc(CNCC(=O)OC(C)(C)C)c(O)c2c1CC1CC3CC(=O)C(C(N)=O)=C(O)C3(O)C(=O)C1=C2O. The van der Waals surface area contributed by atoms with Gasteiger partial charge in [-0.1, -0.05) is 0 Å². The zero-order chi connectivity index (χ0) is 29.9. The van der Waals surface area contributed by atoms with E-state index in [4.69, 9.17) is 10.5 Å². The molecule has 3 unspecified atom stereocenters. The Labute approximate surface area is 231 Å². The minimum absolute atomic E-state index is 0.00704. The quantitative estimate of drug-likeness (QED) is 0.215. The van der Waals surface area contributed by atoms with Gasteiger partial charge in [-0.2, -0.15) is 0 Å². The predicted molar refractivity (Wildman–Crippen MR) is 143 cm³/mol. The van der Waals surface area contributed by atoms with Gasteiger partial charge in [0.05, 0.1) is 12.1 Å². The number of phenolic OH excluding ortho intramolecular Hbond substituents is 1. The summed E-state index contributed by atoms with van der Waals surface area (Å²) in [6.07, 6.45) is -0.132. The smallest absolute Gasteiger partial charge is 0.320 e. The van der Waals surface area contributed by atoms with Crippen LogP contribution in [-0.4, -0.2) is 75.7 Å². The summed E-state index contributed by atoms with van der Waals surface area (Å²) in [5, 5.41) is 47.7. The Morgan fingerprint density at radius 3 is 2.40 bits per heavy atom. The number of phenols is 1. The zero-order valence-electron chi connectivity index (χ0n) is 23.1. The number of esters is 1. The first-order valence-electron chi connectivity index (χ1n) is 12.9. The molecule has 4 rings (SSSR count). The minimum Gasteiger partial charge on any atom is -0.508 e. The number of nitrogens with two attached hydrogens (primary N) is 1. The molecule has 12 heteroatoms. The van der Waals surface area contributed by atoms with Crippen molar-refractivity contribution in [3.63, 3.8) is 0 Å². The number of carbonyl (C=O) groups is 4. The van der Waals surface area contributed by atoms with Crippen LogP contribution in [0.2, 0.25) is 0 Å². The third kappa shape index (κ3) is 4.71. The van der Waals surface area contributed by atoms with Gasteiger partial charge in [0, 0.05) is 49.8 Å². The lowest BCUT2D eigenvalue weighted by Crippen LogP contribution is -2.58. The molecule has 12 nitrogen and oxygen atoms in total. The number of amides is 1. The van der Waals surface area contributed by atoms with Gasteiger partial charge in [-0.3, -0.25) is 19.2 Å². The van der Waals surface area contributed by atoms with Crippen molar-refractivity contribution in [3.8, 4) is 5.75 Å². The molecule has 1 fully saturated rings. The third-order valence-electron chi connectivity index (χ3n) is 7.61. The number of anilines is 1. The van der Waals surface area contributed by atoms with E-state index >= 15 is 0 Å². The molecule has 0 bridgehead atoms. The summed E-state index contributed by atoms with van der Waals surface area (Å²) in [7, 11) is 3.55. The van der Waals surface area contributed by atoms with Crippen molar-refractivity contribution in [2.45, 2.75) is 57.8 Å². The summed E-state index contributed by atoms with van der Waals surface area (Å²) in [5.74, 6) is -7.25. The first-order valence-corrected chi connectivity index (χ1v) is 12.9. The molecule has 3 aliphatic carbocycles. The Morgan fingerprint density at radius 2 is 1.82 bits per heavy atom. The van der Waals surface area contributed by atoms with Gasteiger partial charge in [-0.25, -0.2) is 0 Å². The van der Waals surface area contributed by atoms with E-state index in [9.17, 15) is 39.6 Å². The Hall–Kier alpha value is -3.90. The number of rotatable bonds is 6. The molecule has 0 saturated heterocycles. The zero-order valence-corrected chi connectivity index (χ0v) is 23.1. The molecule has 0 spiro atoms.